The Morgan fingerprint density at radius 3 is 2.57 bits per heavy atom. The number of benzene rings is 1. The van der Waals surface area contributed by atoms with Crippen LogP contribution in [0.4, 0.5) is 0 Å². The van der Waals surface area contributed by atoms with E-state index in [-0.39, 0.29) is 11.3 Å². The van der Waals surface area contributed by atoms with Crippen LogP contribution in [-0.2, 0) is 16.6 Å². The van der Waals surface area contributed by atoms with Crippen LogP contribution in [0, 0.1) is 11.3 Å². The SMILES string of the molecule is CC(C)c1ccc2c(c1)CC[C@H]1[C@](C)(C(=O)O)C[C@H](O)C[C@]21C. The molecule has 3 heteroatoms. The molecule has 3 nitrogen and oxygen atoms in total. The van der Waals surface area contributed by atoms with E-state index >= 15 is 0 Å². The predicted octanol–water partition coefficient (Wildman–Crippen LogP) is 3.88. The molecule has 23 heavy (non-hydrogen) atoms. The summed E-state index contributed by atoms with van der Waals surface area (Å²) < 4.78 is 0. The number of fused-ring (bicyclic) bond motifs is 3. The molecule has 1 aromatic carbocycles. The van der Waals surface area contributed by atoms with Gasteiger partial charge in [-0.1, -0.05) is 39.0 Å². The van der Waals surface area contributed by atoms with Gasteiger partial charge in [-0.2, -0.15) is 0 Å². The fourth-order valence-corrected chi connectivity index (χ4v) is 5.25. The summed E-state index contributed by atoms with van der Waals surface area (Å²) in [5.41, 5.74) is 2.83. The lowest BCUT2D eigenvalue weighted by molar-refractivity contribution is -0.162. The maximum absolute atomic E-state index is 12.0. The lowest BCUT2D eigenvalue weighted by Gasteiger charge is -2.55. The maximum Gasteiger partial charge on any atom is 0.309 e. The summed E-state index contributed by atoms with van der Waals surface area (Å²) in [5, 5.41) is 20.2. The molecule has 3 rings (SSSR count). The van der Waals surface area contributed by atoms with Crippen LogP contribution >= 0.6 is 0 Å². The smallest absolute Gasteiger partial charge is 0.309 e. The van der Waals surface area contributed by atoms with Crippen molar-refractivity contribution in [2.75, 3.05) is 0 Å². The quantitative estimate of drug-likeness (QED) is 0.870. The Labute approximate surface area is 138 Å². The number of rotatable bonds is 2. The largest absolute Gasteiger partial charge is 0.481 e. The number of aryl methyl sites for hydroxylation is 1. The van der Waals surface area contributed by atoms with Crippen molar-refractivity contribution in [2.24, 2.45) is 11.3 Å². The number of hydrogen-bond donors (Lipinski definition) is 2. The first kappa shape index (κ1) is 16.5. The molecule has 0 unspecified atom stereocenters. The van der Waals surface area contributed by atoms with Crippen molar-refractivity contribution in [1.82, 2.24) is 0 Å². The standard InChI is InChI=1S/C20H28O3/c1-12(2)13-5-7-16-14(9-13)6-8-17-19(16,3)10-15(21)11-20(17,4)18(22)23/h5,7,9,12,15,17,21H,6,8,10-11H2,1-4H3,(H,22,23)/t15-,17-,19-,20-/m1/s1. The van der Waals surface area contributed by atoms with Crippen molar-refractivity contribution >= 4 is 5.97 Å². The number of carboxylic acid groups (broad SMARTS) is 1. The minimum Gasteiger partial charge on any atom is -0.481 e. The summed E-state index contributed by atoms with van der Waals surface area (Å²) in [6, 6.07) is 6.66. The summed E-state index contributed by atoms with van der Waals surface area (Å²) in [5.74, 6) is -0.199. The fourth-order valence-electron chi connectivity index (χ4n) is 5.25. The Morgan fingerprint density at radius 2 is 1.96 bits per heavy atom. The van der Waals surface area contributed by atoms with Crippen LogP contribution in [0.25, 0.3) is 0 Å². The van der Waals surface area contributed by atoms with Crippen LogP contribution in [0.3, 0.4) is 0 Å². The van der Waals surface area contributed by atoms with Crippen LogP contribution in [0.2, 0.25) is 0 Å². The van der Waals surface area contributed by atoms with Gasteiger partial charge in [0.1, 0.15) is 0 Å². The van der Waals surface area contributed by atoms with Crippen LogP contribution in [0.1, 0.15) is 69.6 Å². The van der Waals surface area contributed by atoms with Crippen molar-refractivity contribution in [1.29, 1.82) is 0 Å². The Balaban J connectivity index is 2.11. The van der Waals surface area contributed by atoms with Crippen LogP contribution < -0.4 is 0 Å². The van der Waals surface area contributed by atoms with E-state index in [1.54, 1.807) is 0 Å². The van der Waals surface area contributed by atoms with Gasteiger partial charge in [0.15, 0.2) is 0 Å². The Hall–Kier alpha value is -1.35. The van der Waals surface area contributed by atoms with Gasteiger partial charge in [-0.05, 0) is 66.5 Å². The summed E-state index contributed by atoms with van der Waals surface area (Å²) in [7, 11) is 0. The fraction of sp³-hybridized carbons (Fsp3) is 0.650. The molecule has 0 aliphatic heterocycles. The average molecular weight is 316 g/mol. The average Bonchev–Trinajstić information content (AvgIpc) is 2.45. The molecule has 2 N–H and O–H groups in total. The highest BCUT2D eigenvalue weighted by molar-refractivity contribution is 5.75. The zero-order valence-corrected chi connectivity index (χ0v) is 14.6. The molecule has 1 fully saturated rings. The molecule has 2 aliphatic rings. The molecule has 0 bridgehead atoms. The van der Waals surface area contributed by atoms with Crippen molar-refractivity contribution < 1.29 is 15.0 Å². The van der Waals surface area contributed by atoms with E-state index in [2.05, 4.69) is 39.0 Å². The Morgan fingerprint density at radius 1 is 1.26 bits per heavy atom. The van der Waals surface area contributed by atoms with Gasteiger partial charge in [-0.15, -0.1) is 0 Å². The molecule has 2 aliphatic carbocycles. The molecule has 0 radical (unpaired) electrons. The summed E-state index contributed by atoms with van der Waals surface area (Å²) in [4.78, 5) is 12.0. The minimum atomic E-state index is -0.846. The highest BCUT2D eigenvalue weighted by atomic mass is 16.4. The second kappa shape index (κ2) is 5.34. The molecule has 126 valence electrons. The van der Waals surface area contributed by atoms with Crippen molar-refractivity contribution in [2.45, 2.75) is 70.8 Å². The van der Waals surface area contributed by atoms with Crippen molar-refractivity contribution in [3.63, 3.8) is 0 Å². The van der Waals surface area contributed by atoms with E-state index in [1.807, 2.05) is 6.92 Å². The van der Waals surface area contributed by atoms with Crippen molar-refractivity contribution in [3.05, 3.63) is 34.9 Å². The van der Waals surface area contributed by atoms with Gasteiger partial charge in [-0.3, -0.25) is 4.79 Å². The number of aliphatic hydroxyl groups excluding tert-OH is 1. The Kier molecular flexibility index (Phi) is 3.83. The van der Waals surface area contributed by atoms with Gasteiger partial charge in [0.05, 0.1) is 11.5 Å². The predicted molar refractivity (Wildman–Crippen MR) is 90.7 cm³/mol. The zero-order valence-electron chi connectivity index (χ0n) is 14.6. The number of aliphatic carboxylic acids is 1. The van der Waals surface area contributed by atoms with Gasteiger partial charge >= 0.3 is 5.97 Å². The van der Waals surface area contributed by atoms with Gasteiger partial charge in [0.25, 0.3) is 0 Å². The molecule has 0 aromatic heterocycles. The first-order chi connectivity index (χ1) is 10.7. The third-order valence-electron chi connectivity index (χ3n) is 6.46. The lowest BCUT2D eigenvalue weighted by Crippen LogP contribution is -2.56. The zero-order chi connectivity index (χ0) is 17.0. The number of hydrogen-bond acceptors (Lipinski definition) is 2. The molecule has 0 heterocycles. The summed E-state index contributed by atoms with van der Waals surface area (Å²) in [6.07, 6.45) is 2.31. The molecule has 1 saturated carbocycles. The first-order valence-corrected chi connectivity index (χ1v) is 8.73. The van der Waals surface area contributed by atoms with Crippen LogP contribution in [0.5, 0.6) is 0 Å². The van der Waals surface area contributed by atoms with Gasteiger partial charge in [-0.25, -0.2) is 0 Å². The lowest BCUT2D eigenvalue weighted by atomic mass is 9.49. The highest BCUT2D eigenvalue weighted by Gasteiger charge is 2.57. The molecule has 0 saturated heterocycles. The molecule has 0 spiro atoms. The van der Waals surface area contributed by atoms with Crippen molar-refractivity contribution in [3.8, 4) is 0 Å². The molecular formula is C20H28O3. The minimum absolute atomic E-state index is 0.0771. The monoisotopic (exact) mass is 316 g/mol. The first-order valence-electron chi connectivity index (χ1n) is 8.73. The van der Waals surface area contributed by atoms with Crippen LogP contribution in [-0.4, -0.2) is 22.3 Å². The second-order valence-corrected chi connectivity index (χ2v) is 8.36. The van der Waals surface area contributed by atoms with E-state index in [0.717, 1.165) is 12.8 Å². The molecular weight excluding hydrogens is 288 g/mol. The van der Waals surface area contributed by atoms with Crippen LogP contribution in [0.15, 0.2) is 18.2 Å². The number of aliphatic hydroxyl groups is 1. The maximum atomic E-state index is 12.0. The molecule has 4 atom stereocenters. The van der Waals surface area contributed by atoms with Gasteiger partial charge in [0, 0.05) is 0 Å². The third-order valence-corrected chi connectivity index (χ3v) is 6.46. The van der Waals surface area contributed by atoms with E-state index in [1.165, 1.54) is 16.7 Å². The topological polar surface area (TPSA) is 57.5 Å². The number of carbonyl (C=O) groups is 1. The van der Waals surface area contributed by atoms with E-state index in [0.29, 0.717) is 18.8 Å². The van der Waals surface area contributed by atoms with E-state index in [4.69, 9.17) is 0 Å². The highest BCUT2D eigenvalue weighted by Crippen LogP contribution is 2.57. The van der Waals surface area contributed by atoms with Gasteiger partial charge in [0.2, 0.25) is 0 Å². The molecule has 0 amide bonds. The Bertz CT molecular complexity index is 636. The summed E-state index contributed by atoms with van der Waals surface area (Å²) in [6.45, 7) is 8.38. The number of carboxylic acids is 1. The summed E-state index contributed by atoms with van der Waals surface area (Å²) >= 11 is 0. The van der Waals surface area contributed by atoms with Gasteiger partial charge < -0.3 is 10.2 Å². The normalized spacial score (nSPS) is 36.4. The second-order valence-electron chi connectivity index (χ2n) is 8.36. The van der Waals surface area contributed by atoms with E-state index < -0.39 is 17.5 Å². The molecule has 1 aromatic rings. The van der Waals surface area contributed by atoms with E-state index in [9.17, 15) is 15.0 Å². The third kappa shape index (κ3) is 2.40.